The number of piperidine rings is 1. The number of amides is 1. The zero-order valence-corrected chi connectivity index (χ0v) is 15.8. The summed E-state index contributed by atoms with van der Waals surface area (Å²) in [4.78, 5) is 21.2. The maximum Gasteiger partial charge on any atom is 0.244 e. The Morgan fingerprint density at radius 3 is 2.46 bits per heavy atom. The topological polar surface area (TPSA) is 45.7 Å². The second-order valence-corrected chi connectivity index (χ2v) is 7.11. The molecule has 2 aromatic rings. The number of hydrogen-bond acceptors (Lipinski definition) is 4. The molecular weight excluding hydrogens is 326 g/mol. The molecule has 0 bridgehead atoms. The third-order valence-electron chi connectivity index (χ3n) is 4.83. The van der Waals surface area contributed by atoms with Crippen LogP contribution in [-0.2, 0) is 4.79 Å². The SMILES string of the molecule is Cc1ccc(C(C(=O)N2CCC(Oc3cccnc3)CC2)N(C)C)cc1. The van der Waals surface area contributed by atoms with Gasteiger partial charge >= 0.3 is 0 Å². The Balaban J connectivity index is 1.62. The zero-order chi connectivity index (χ0) is 18.5. The van der Waals surface area contributed by atoms with E-state index in [0.29, 0.717) is 0 Å². The first-order valence-corrected chi connectivity index (χ1v) is 9.13. The molecule has 0 N–H and O–H groups in total. The number of benzene rings is 1. The average Bonchev–Trinajstić information content (AvgIpc) is 2.64. The number of nitrogens with zero attached hydrogens (tertiary/aromatic N) is 3. The summed E-state index contributed by atoms with van der Waals surface area (Å²) in [5.74, 6) is 0.960. The van der Waals surface area contributed by atoms with E-state index in [1.165, 1.54) is 5.56 Å². The summed E-state index contributed by atoms with van der Waals surface area (Å²) >= 11 is 0. The number of aromatic nitrogens is 1. The molecule has 1 aromatic heterocycles. The number of likely N-dealkylation sites (tertiary alicyclic amines) is 1. The number of hydrogen-bond donors (Lipinski definition) is 0. The second kappa shape index (κ2) is 8.32. The van der Waals surface area contributed by atoms with Crippen molar-refractivity contribution in [3.05, 3.63) is 59.9 Å². The van der Waals surface area contributed by atoms with Crippen LogP contribution in [0.4, 0.5) is 0 Å². The van der Waals surface area contributed by atoms with Crippen molar-refractivity contribution in [3.63, 3.8) is 0 Å². The molecular formula is C21H27N3O2. The van der Waals surface area contributed by atoms with Gasteiger partial charge in [0.1, 0.15) is 17.9 Å². The number of carbonyl (C=O) groups excluding carboxylic acids is 1. The first-order chi connectivity index (χ1) is 12.5. The second-order valence-electron chi connectivity index (χ2n) is 7.11. The fourth-order valence-electron chi connectivity index (χ4n) is 3.39. The highest BCUT2D eigenvalue weighted by Crippen LogP contribution is 2.25. The predicted octanol–water partition coefficient (Wildman–Crippen LogP) is 3.06. The van der Waals surface area contributed by atoms with E-state index in [0.717, 1.165) is 37.2 Å². The van der Waals surface area contributed by atoms with Crippen LogP contribution in [0.5, 0.6) is 5.75 Å². The lowest BCUT2D eigenvalue weighted by molar-refractivity contribution is -0.138. The van der Waals surface area contributed by atoms with E-state index in [-0.39, 0.29) is 18.1 Å². The van der Waals surface area contributed by atoms with E-state index in [9.17, 15) is 4.79 Å². The molecule has 5 nitrogen and oxygen atoms in total. The lowest BCUT2D eigenvalue weighted by Gasteiger charge is -2.36. The van der Waals surface area contributed by atoms with Gasteiger partial charge < -0.3 is 9.64 Å². The van der Waals surface area contributed by atoms with Crippen molar-refractivity contribution in [1.82, 2.24) is 14.8 Å². The summed E-state index contributed by atoms with van der Waals surface area (Å²) < 4.78 is 5.98. The molecule has 5 heteroatoms. The third-order valence-corrected chi connectivity index (χ3v) is 4.83. The molecule has 0 radical (unpaired) electrons. The van der Waals surface area contributed by atoms with Crippen LogP contribution in [0.15, 0.2) is 48.8 Å². The highest BCUT2D eigenvalue weighted by Gasteiger charge is 2.31. The van der Waals surface area contributed by atoms with Crippen LogP contribution in [0.25, 0.3) is 0 Å². The van der Waals surface area contributed by atoms with E-state index in [1.807, 2.05) is 36.0 Å². The van der Waals surface area contributed by atoms with Crippen molar-refractivity contribution in [2.24, 2.45) is 0 Å². The first-order valence-electron chi connectivity index (χ1n) is 9.13. The lowest BCUT2D eigenvalue weighted by Crippen LogP contribution is -2.46. The molecule has 1 aromatic carbocycles. The van der Waals surface area contributed by atoms with Gasteiger partial charge in [0, 0.05) is 32.1 Å². The van der Waals surface area contributed by atoms with E-state index in [2.05, 4.69) is 36.2 Å². The third kappa shape index (κ3) is 4.41. The number of pyridine rings is 1. The molecule has 2 heterocycles. The average molecular weight is 353 g/mol. The van der Waals surface area contributed by atoms with Gasteiger partial charge in [0.25, 0.3) is 0 Å². The quantitative estimate of drug-likeness (QED) is 0.829. The molecule has 1 amide bonds. The molecule has 0 spiro atoms. The molecule has 0 aliphatic carbocycles. The van der Waals surface area contributed by atoms with Crippen molar-refractivity contribution >= 4 is 5.91 Å². The molecule has 1 saturated heterocycles. The predicted molar refractivity (Wildman–Crippen MR) is 102 cm³/mol. The maximum absolute atomic E-state index is 13.1. The van der Waals surface area contributed by atoms with Crippen LogP contribution in [-0.4, -0.2) is 54.0 Å². The zero-order valence-electron chi connectivity index (χ0n) is 15.8. The van der Waals surface area contributed by atoms with Gasteiger partial charge in [-0.15, -0.1) is 0 Å². The largest absolute Gasteiger partial charge is 0.489 e. The summed E-state index contributed by atoms with van der Waals surface area (Å²) in [7, 11) is 3.92. The molecule has 1 fully saturated rings. The minimum absolute atomic E-state index is 0.139. The van der Waals surface area contributed by atoms with Crippen LogP contribution in [0, 0.1) is 6.92 Å². The number of ether oxygens (including phenoxy) is 1. The normalized spacial score (nSPS) is 16.5. The summed E-state index contributed by atoms with van der Waals surface area (Å²) in [5, 5.41) is 0. The molecule has 1 unspecified atom stereocenters. The van der Waals surface area contributed by atoms with Gasteiger partial charge in [-0.3, -0.25) is 14.7 Å². The highest BCUT2D eigenvalue weighted by molar-refractivity contribution is 5.83. The molecule has 0 saturated carbocycles. The van der Waals surface area contributed by atoms with Gasteiger partial charge in [-0.25, -0.2) is 0 Å². The first kappa shape index (κ1) is 18.4. The minimum atomic E-state index is -0.244. The Bertz CT molecular complexity index is 708. The molecule has 26 heavy (non-hydrogen) atoms. The summed E-state index contributed by atoms with van der Waals surface area (Å²) in [6, 6.07) is 11.8. The fourth-order valence-corrected chi connectivity index (χ4v) is 3.39. The van der Waals surface area contributed by atoms with E-state index < -0.39 is 0 Å². The van der Waals surface area contributed by atoms with E-state index in [4.69, 9.17) is 4.74 Å². The van der Waals surface area contributed by atoms with Gasteiger partial charge in [-0.2, -0.15) is 0 Å². The number of aryl methyl sites for hydroxylation is 1. The minimum Gasteiger partial charge on any atom is -0.489 e. The van der Waals surface area contributed by atoms with Gasteiger partial charge in [-0.05, 0) is 38.7 Å². The van der Waals surface area contributed by atoms with Crippen molar-refractivity contribution in [2.75, 3.05) is 27.2 Å². The summed E-state index contributed by atoms with van der Waals surface area (Å²) in [6.07, 6.45) is 5.29. The van der Waals surface area contributed by atoms with Crippen molar-refractivity contribution in [3.8, 4) is 5.75 Å². The molecule has 3 rings (SSSR count). The van der Waals surface area contributed by atoms with Crippen molar-refractivity contribution in [2.45, 2.75) is 31.9 Å². The molecule has 1 aliphatic heterocycles. The van der Waals surface area contributed by atoms with Crippen molar-refractivity contribution < 1.29 is 9.53 Å². The molecule has 1 aliphatic rings. The van der Waals surface area contributed by atoms with Crippen LogP contribution in [0.2, 0.25) is 0 Å². The van der Waals surface area contributed by atoms with Crippen LogP contribution >= 0.6 is 0 Å². The Morgan fingerprint density at radius 1 is 1.19 bits per heavy atom. The fraction of sp³-hybridized carbons (Fsp3) is 0.429. The van der Waals surface area contributed by atoms with Crippen LogP contribution in [0.3, 0.4) is 0 Å². The number of carbonyl (C=O) groups is 1. The summed E-state index contributed by atoms with van der Waals surface area (Å²) in [5.41, 5.74) is 2.24. The smallest absolute Gasteiger partial charge is 0.244 e. The lowest BCUT2D eigenvalue weighted by atomic mass is 10.0. The standard InChI is InChI=1S/C21H27N3O2/c1-16-6-8-17(9-7-16)20(23(2)3)21(25)24-13-10-18(11-14-24)26-19-5-4-12-22-15-19/h4-9,12,15,18,20H,10-11,13-14H2,1-3H3. The Labute approximate surface area is 155 Å². The van der Waals surface area contributed by atoms with Gasteiger partial charge in [0.2, 0.25) is 5.91 Å². The Morgan fingerprint density at radius 2 is 1.88 bits per heavy atom. The maximum atomic E-state index is 13.1. The monoisotopic (exact) mass is 353 g/mol. The summed E-state index contributed by atoms with van der Waals surface area (Å²) in [6.45, 7) is 3.50. The van der Waals surface area contributed by atoms with Crippen LogP contribution in [0.1, 0.15) is 30.0 Å². The van der Waals surface area contributed by atoms with E-state index in [1.54, 1.807) is 12.4 Å². The number of likely N-dealkylation sites (N-methyl/N-ethyl adjacent to an activating group) is 1. The Kier molecular flexibility index (Phi) is 5.89. The van der Waals surface area contributed by atoms with Gasteiger partial charge in [0.15, 0.2) is 0 Å². The van der Waals surface area contributed by atoms with Crippen LogP contribution < -0.4 is 4.74 Å². The molecule has 138 valence electrons. The van der Waals surface area contributed by atoms with Gasteiger partial charge in [-0.1, -0.05) is 29.8 Å². The highest BCUT2D eigenvalue weighted by atomic mass is 16.5. The molecule has 1 atom stereocenters. The van der Waals surface area contributed by atoms with Gasteiger partial charge in [0.05, 0.1) is 6.20 Å². The van der Waals surface area contributed by atoms with E-state index >= 15 is 0 Å². The Hall–Kier alpha value is -2.40. The number of rotatable bonds is 5. The van der Waals surface area contributed by atoms with Crippen molar-refractivity contribution in [1.29, 1.82) is 0 Å².